The summed E-state index contributed by atoms with van der Waals surface area (Å²) in [6, 6.07) is 51.9. The smallest absolute Gasteiger partial charge is 0.142 e. The second kappa shape index (κ2) is 8.82. The molecule has 0 amide bonds. The maximum atomic E-state index is 6.71. The highest BCUT2D eigenvalue weighted by molar-refractivity contribution is 6.28. The van der Waals surface area contributed by atoms with Crippen LogP contribution in [0.3, 0.4) is 0 Å². The van der Waals surface area contributed by atoms with E-state index in [1.165, 1.54) is 49.0 Å². The van der Waals surface area contributed by atoms with Gasteiger partial charge in [0.15, 0.2) is 0 Å². The molecule has 0 unspecified atom stereocenters. The van der Waals surface area contributed by atoms with Gasteiger partial charge >= 0.3 is 0 Å². The molecule has 10 aromatic rings. The van der Waals surface area contributed by atoms with Crippen LogP contribution in [0.4, 0.5) is 0 Å². The van der Waals surface area contributed by atoms with Crippen LogP contribution in [0.2, 0.25) is 0 Å². The predicted molar refractivity (Wildman–Crippen MR) is 184 cm³/mol. The average molecular weight is 561 g/mol. The first kappa shape index (κ1) is 23.7. The number of fused-ring (bicyclic) bond motifs is 4. The fraction of sp³-hybridized carbons (Fsp3) is 0. The maximum absolute atomic E-state index is 6.71. The average Bonchev–Trinajstić information content (AvgIpc) is 3.69. The van der Waals surface area contributed by atoms with E-state index >= 15 is 0 Å². The van der Waals surface area contributed by atoms with Gasteiger partial charge in [-0.1, -0.05) is 115 Å². The molecule has 0 bridgehead atoms. The van der Waals surface area contributed by atoms with Crippen LogP contribution in [0.25, 0.3) is 98.8 Å². The second-order valence-corrected chi connectivity index (χ2v) is 11.7. The summed E-state index contributed by atoms with van der Waals surface area (Å²) in [6.07, 6.45) is 0. The van der Waals surface area contributed by atoms with Crippen molar-refractivity contribution in [2.75, 3.05) is 0 Å². The minimum absolute atomic E-state index is 0.852. The second-order valence-electron chi connectivity index (χ2n) is 11.7. The van der Waals surface area contributed by atoms with Gasteiger partial charge in [-0.05, 0) is 79.3 Å². The third-order valence-electron chi connectivity index (χ3n) is 9.24. The van der Waals surface area contributed by atoms with Crippen molar-refractivity contribution in [3.63, 3.8) is 0 Å². The number of rotatable bonds is 3. The monoisotopic (exact) mass is 560 g/mol. The number of hydrogen-bond donors (Lipinski definition) is 0. The largest absolute Gasteiger partial charge is 0.456 e. The Labute approximate surface area is 252 Å². The Bertz CT molecular complexity index is 2710. The zero-order valence-electron chi connectivity index (χ0n) is 23.7. The number of furan rings is 2. The highest BCUT2D eigenvalue weighted by Crippen LogP contribution is 2.44. The van der Waals surface area contributed by atoms with Gasteiger partial charge in [0.25, 0.3) is 0 Å². The van der Waals surface area contributed by atoms with Gasteiger partial charge in [-0.25, -0.2) is 0 Å². The Morgan fingerprint density at radius 1 is 0.341 bits per heavy atom. The molecule has 0 fully saturated rings. The van der Waals surface area contributed by atoms with E-state index in [0.717, 1.165) is 49.8 Å². The van der Waals surface area contributed by atoms with Crippen molar-refractivity contribution in [3.8, 4) is 33.6 Å². The molecule has 0 saturated heterocycles. The van der Waals surface area contributed by atoms with E-state index in [-0.39, 0.29) is 0 Å². The van der Waals surface area contributed by atoms with Crippen LogP contribution in [0.15, 0.2) is 154 Å². The molecule has 0 aliphatic carbocycles. The van der Waals surface area contributed by atoms with Crippen molar-refractivity contribution < 1.29 is 8.83 Å². The minimum Gasteiger partial charge on any atom is -0.456 e. The van der Waals surface area contributed by atoms with Gasteiger partial charge in [0, 0.05) is 27.3 Å². The molecule has 0 radical (unpaired) electrons. The molecular formula is C42H24O2. The van der Waals surface area contributed by atoms with Crippen LogP contribution in [-0.2, 0) is 0 Å². The lowest BCUT2D eigenvalue weighted by Crippen LogP contribution is -1.89. The maximum Gasteiger partial charge on any atom is 0.142 e. The highest BCUT2D eigenvalue weighted by atomic mass is 16.3. The Morgan fingerprint density at radius 3 is 1.89 bits per heavy atom. The normalized spacial score (nSPS) is 12.1. The number of para-hydroxylation sites is 2. The quantitative estimate of drug-likeness (QED) is 0.201. The van der Waals surface area contributed by atoms with Gasteiger partial charge in [0.05, 0.1) is 0 Å². The standard InChI is InChI=1S/C42H24O2/c1-2-7-25(8-3-1)30-18-13-26-16-21-34-31(19-14-27-15-20-33(30)40(26)41(27)34)35-11-6-9-29-24-39(44-42(29)35)28-17-22-38-36(23-28)32-10-4-5-12-37(32)43-38/h1-24H. The first-order valence-corrected chi connectivity index (χ1v) is 15.0. The first-order chi connectivity index (χ1) is 21.8. The van der Waals surface area contributed by atoms with Gasteiger partial charge in [-0.15, -0.1) is 0 Å². The molecular weight excluding hydrogens is 536 g/mol. The van der Waals surface area contributed by atoms with Crippen molar-refractivity contribution in [2.45, 2.75) is 0 Å². The van der Waals surface area contributed by atoms with E-state index in [4.69, 9.17) is 8.83 Å². The number of benzene rings is 8. The van der Waals surface area contributed by atoms with E-state index in [1.54, 1.807) is 0 Å². The van der Waals surface area contributed by atoms with E-state index in [2.05, 4.69) is 127 Å². The molecule has 44 heavy (non-hydrogen) atoms. The SMILES string of the molecule is c1ccc(-c2ccc3ccc4c(-c5cccc6cc(-c7ccc8oc9ccccc9c8c7)oc56)ccc5ccc2c3c54)cc1. The molecule has 2 nitrogen and oxygen atoms in total. The van der Waals surface area contributed by atoms with Crippen LogP contribution < -0.4 is 0 Å². The van der Waals surface area contributed by atoms with Crippen LogP contribution in [0.1, 0.15) is 0 Å². The summed E-state index contributed by atoms with van der Waals surface area (Å²) in [5, 5.41) is 11.0. The zero-order valence-corrected chi connectivity index (χ0v) is 23.7. The molecule has 2 heteroatoms. The van der Waals surface area contributed by atoms with Gasteiger partial charge in [0.2, 0.25) is 0 Å². The van der Waals surface area contributed by atoms with Gasteiger partial charge in [-0.2, -0.15) is 0 Å². The summed E-state index contributed by atoms with van der Waals surface area (Å²) in [5.41, 5.74) is 8.50. The van der Waals surface area contributed by atoms with Crippen molar-refractivity contribution in [2.24, 2.45) is 0 Å². The van der Waals surface area contributed by atoms with Gasteiger partial charge in [0.1, 0.15) is 22.5 Å². The molecule has 0 aliphatic rings. The molecule has 8 aromatic carbocycles. The topological polar surface area (TPSA) is 26.3 Å². The Hall–Kier alpha value is -5.86. The van der Waals surface area contributed by atoms with Crippen molar-refractivity contribution in [1.29, 1.82) is 0 Å². The van der Waals surface area contributed by atoms with Crippen LogP contribution >= 0.6 is 0 Å². The summed E-state index contributed by atoms with van der Waals surface area (Å²) in [4.78, 5) is 0. The highest BCUT2D eigenvalue weighted by Gasteiger charge is 2.18. The van der Waals surface area contributed by atoms with E-state index in [9.17, 15) is 0 Å². The van der Waals surface area contributed by atoms with Crippen LogP contribution in [0.5, 0.6) is 0 Å². The van der Waals surface area contributed by atoms with Crippen molar-refractivity contribution in [3.05, 3.63) is 146 Å². The van der Waals surface area contributed by atoms with E-state index in [1.807, 2.05) is 18.2 Å². The van der Waals surface area contributed by atoms with Crippen LogP contribution in [0, 0.1) is 0 Å². The molecule has 2 heterocycles. The lowest BCUT2D eigenvalue weighted by atomic mass is 9.87. The Morgan fingerprint density at radius 2 is 1.05 bits per heavy atom. The predicted octanol–water partition coefficient (Wildman–Crippen LogP) is 12.2. The molecule has 0 atom stereocenters. The van der Waals surface area contributed by atoms with Crippen molar-refractivity contribution in [1.82, 2.24) is 0 Å². The summed E-state index contributed by atoms with van der Waals surface area (Å²) in [7, 11) is 0. The third kappa shape index (κ3) is 3.31. The summed E-state index contributed by atoms with van der Waals surface area (Å²) in [5.74, 6) is 0.852. The molecule has 0 N–H and O–H groups in total. The fourth-order valence-electron chi connectivity index (χ4n) is 7.20. The van der Waals surface area contributed by atoms with E-state index in [0.29, 0.717) is 0 Å². The van der Waals surface area contributed by atoms with Gasteiger partial charge in [-0.3, -0.25) is 0 Å². The van der Waals surface area contributed by atoms with Crippen LogP contribution in [-0.4, -0.2) is 0 Å². The van der Waals surface area contributed by atoms with E-state index < -0.39 is 0 Å². The zero-order chi connectivity index (χ0) is 28.8. The molecule has 10 rings (SSSR count). The molecule has 2 aromatic heterocycles. The summed E-state index contributed by atoms with van der Waals surface area (Å²) in [6.45, 7) is 0. The molecule has 0 spiro atoms. The third-order valence-corrected chi connectivity index (χ3v) is 9.24. The Balaban J connectivity index is 1.19. The Kier molecular flexibility index (Phi) is 4.75. The first-order valence-electron chi connectivity index (χ1n) is 15.0. The fourth-order valence-corrected chi connectivity index (χ4v) is 7.20. The summed E-state index contributed by atoms with van der Waals surface area (Å²) < 4.78 is 12.8. The number of hydrogen-bond acceptors (Lipinski definition) is 2. The molecule has 0 saturated carbocycles. The molecule has 0 aliphatic heterocycles. The van der Waals surface area contributed by atoms with Gasteiger partial charge < -0.3 is 8.83 Å². The lowest BCUT2D eigenvalue weighted by molar-refractivity contribution is 0.632. The molecule has 204 valence electrons. The minimum atomic E-state index is 0.852. The lowest BCUT2D eigenvalue weighted by Gasteiger charge is -2.16. The van der Waals surface area contributed by atoms with Crippen molar-refractivity contribution >= 4 is 65.2 Å². The summed E-state index contributed by atoms with van der Waals surface area (Å²) >= 11 is 0.